The maximum absolute atomic E-state index is 5.49. The second kappa shape index (κ2) is 5.53. The molecule has 0 saturated heterocycles. The molecule has 4 nitrogen and oxygen atoms in total. The molecule has 2 aromatic rings. The van der Waals surface area contributed by atoms with Crippen LogP contribution in [0, 0.1) is 0 Å². The van der Waals surface area contributed by atoms with Gasteiger partial charge in [-0.2, -0.15) is 4.98 Å². The number of rotatable bonds is 4. The van der Waals surface area contributed by atoms with Gasteiger partial charge in [0.2, 0.25) is 0 Å². The van der Waals surface area contributed by atoms with Crippen molar-refractivity contribution < 1.29 is 4.52 Å². The fourth-order valence-electron chi connectivity index (χ4n) is 2.05. The van der Waals surface area contributed by atoms with Gasteiger partial charge >= 0.3 is 0 Å². The maximum Gasteiger partial charge on any atom is 0.258 e. The zero-order valence-corrected chi connectivity index (χ0v) is 11.8. The highest BCUT2D eigenvalue weighted by molar-refractivity contribution is 5.60. The van der Waals surface area contributed by atoms with Crippen LogP contribution in [0.4, 0.5) is 0 Å². The van der Waals surface area contributed by atoms with E-state index in [-0.39, 0.29) is 5.41 Å². The van der Waals surface area contributed by atoms with Gasteiger partial charge in [0.15, 0.2) is 5.82 Å². The molecule has 0 unspecified atom stereocenters. The number of aromatic nitrogens is 2. The van der Waals surface area contributed by atoms with Crippen LogP contribution in [0.1, 0.15) is 38.6 Å². The lowest BCUT2D eigenvalue weighted by atomic mass is 9.84. The number of aryl methyl sites for hydroxylation is 1. The Hall–Kier alpha value is -1.68. The van der Waals surface area contributed by atoms with Gasteiger partial charge in [0.25, 0.3) is 5.89 Å². The van der Waals surface area contributed by atoms with E-state index in [9.17, 15) is 0 Å². The van der Waals surface area contributed by atoms with Gasteiger partial charge < -0.3 is 10.3 Å². The summed E-state index contributed by atoms with van der Waals surface area (Å²) in [4.78, 5) is 4.46. The number of benzene rings is 1. The number of nitrogens with zero attached hydrogens (tertiary/aromatic N) is 2. The Labute approximate surface area is 114 Å². The van der Waals surface area contributed by atoms with Crippen molar-refractivity contribution in [3.63, 3.8) is 0 Å². The van der Waals surface area contributed by atoms with E-state index < -0.39 is 0 Å². The van der Waals surface area contributed by atoms with Crippen LogP contribution in [0.2, 0.25) is 0 Å². The number of nitrogens with two attached hydrogens (primary N) is 1. The third-order valence-electron chi connectivity index (χ3n) is 3.04. The van der Waals surface area contributed by atoms with Gasteiger partial charge in [0.05, 0.1) is 0 Å². The molecule has 1 aromatic carbocycles. The van der Waals surface area contributed by atoms with E-state index in [0.29, 0.717) is 12.4 Å². The molecule has 0 aliphatic heterocycles. The molecule has 19 heavy (non-hydrogen) atoms. The van der Waals surface area contributed by atoms with Crippen LogP contribution in [0.3, 0.4) is 0 Å². The molecular formula is C15H21N3O. The summed E-state index contributed by atoms with van der Waals surface area (Å²) in [6, 6.07) is 8.17. The van der Waals surface area contributed by atoms with E-state index in [0.717, 1.165) is 24.2 Å². The predicted molar refractivity (Wildman–Crippen MR) is 75.8 cm³/mol. The van der Waals surface area contributed by atoms with E-state index in [1.807, 2.05) is 18.2 Å². The molecule has 0 aliphatic rings. The van der Waals surface area contributed by atoms with Gasteiger partial charge in [0, 0.05) is 12.0 Å². The van der Waals surface area contributed by atoms with Crippen molar-refractivity contribution in [3.05, 3.63) is 35.7 Å². The van der Waals surface area contributed by atoms with Crippen molar-refractivity contribution in [1.82, 2.24) is 10.1 Å². The van der Waals surface area contributed by atoms with Crippen LogP contribution < -0.4 is 5.73 Å². The largest absolute Gasteiger partial charge is 0.334 e. The lowest BCUT2D eigenvalue weighted by molar-refractivity contribution is 0.420. The Morgan fingerprint density at radius 3 is 2.63 bits per heavy atom. The monoisotopic (exact) mass is 259 g/mol. The maximum atomic E-state index is 5.49. The SMILES string of the molecule is CC(C)(C)c1ccccc1-c1nc(CCCN)no1. The molecule has 0 saturated carbocycles. The van der Waals surface area contributed by atoms with Crippen molar-refractivity contribution in [1.29, 1.82) is 0 Å². The summed E-state index contributed by atoms with van der Waals surface area (Å²) in [6.07, 6.45) is 1.64. The molecule has 0 spiro atoms. The summed E-state index contributed by atoms with van der Waals surface area (Å²) in [6.45, 7) is 7.18. The van der Waals surface area contributed by atoms with Gasteiger partial charge in [-0.1, -0.05) is 44.1 Å². The Morgan fingerprint density at radius 2 is 1.95 bits per heavy atom. The molecular weight excluding hydrogens is 238 g/mol. The lowest BCUT2D eigenvalue weighted by Crippen LogP contribution is -2.12. The smallest absolute Gasteiger partial charge is 0.258 e. The molecule has 0 fully saturated rings. The van der Waals surface area contributed by atoms with Crippen LogP contribution >= 0.6 is 0 Å². The van der Waals surface area contributed by atoms with Crippen molar-refractivity contribution >= 4 is 0 Å². The van der Waals surface area contributed by atoms with Crippen LogP contribution in [0.25, 0.3) is 11.5 Å². The first-order chi connectivity index (χ1) is 9.02. The second-order valence-electron chi connectivity index (χ2n) is 5.70. The van der Waals surface area contributed by atoms with Crippen molar-refractivity contribution in [2.75, 3.05) is 6.54 Å². The molecule has 1 aromatic heterocycles. The van der Waals surface area contributed by atoms with Crippen molar-refractivity contribution in [3.8, 4) is 11.5 Å². The quantitative estimate of drug-likeness (QED) is 0.916. The van der Waals surface area contributed by atoms with E-state index >= 15 is 0 Å². The van der Waals surface area contributed by atoms with Gasteiger partial charge in [-0.15, -0.1) is 0 Å². The minimum Gasteiger partial charge on any atom is -0.334 e. The summed E-state index contributed by atoms with van der Waals surface area (Å²) in [5.74, 6) is 1.32. The summed E-state index contributed by atoms with van der Waals surface area (Å²) in [5, 5.41) is 4.01. The van der Waals surface area contributed by atoms with E-state index in [1.165, 1.54) is 5.56 Å². The molecule has 4 heteroatoms. The van der Waals surface area contributed by atoms with Gasteiger partial charge in [-0.05, 0) is 30.0 Å². The first-order valence-electron chi connectivity index (χ1n) is 6.65. The minimum atomic E-state index is 0.0441. The summed E-state index contributed by atoms with van der Waals surface area (Å²) < 4.78 is 5.38. The molecule has 0 atom stereocenters. The van der Waals surface area contributed by atoms with Crippen LogP contribution in [0.15, 0.2) is 28.8 Å². The molecule has 1 heterocycles. The minimum absolute atomic E-state index is 0.0441. The van der Waals surface area contributed by atoms with Gasteiger partial charge in [-0.3, -0.25) is 0 Å². The molecule has 0 aliphatic carbocycles. The standard InChI is InChI=1S/C15H21N3O/c1-15(2,3)12-8-5-4-7-11(12)14-17-13(18-19-14)9-6-10-16/h4-5,7-8H,6,9-10,16H2,1-3H3. The van der Waals surface area contributed by atoms with Crippen molar-refractivity contribution in [2.24, 2.45) is 5.73 Å². The van der Waals surface area contributed by atoms with E-state index in [1.54, 1.807) is 0 Å². The average molecular weight is 259 g/mol. The zero-order valence-electron chi connectivity index (χ0n) is 11.8. The molecule has 2 N–H and O–H groups in total. The van der Waals surface area contributed by atoms with Gasteiger partial charge in [0.1, 0.15) is 0 Å². The summed E-state index contributed by atoms with van der Waals surface area (Å²) in [7, 11) is 0. The fourth-order valence-corrected chi connectivity index (χ4v) is 2.05. The summed E-state index contributed by atoms with van der Waals surface area (Å²) in [5.41, 5.74) is 7.76. The number of hydrogen-bond donors (Lipinski definition) is 1. The zero-order chi connectivity index (χ0) is 13.9. The summed E-state index contributed by atoms with van der Waals surface area (Å²) >= 11 is 0. The third kappa shape index (κ3) is 3.20. The Morgan fingerprint density at radius 1 is 1.21 bits per heavy atom. The van der Waals surface area contributed by atoms with Crippen LogP contribution in [-0.2, 0) is 11.8 Å². The Kier molecular flexibility index (Phi) is 4.00. The highest BCUT2D eigenvalue weighted by atomic mass is 16.5. The Bertz CT molecular complexity index is 540. The third-order valence-corrected chi connectivity index (χ3v) is 3.04. The van der Waals surface area contributed by atoms with Crippen LogP contribution in [-0.4, -0.2) is 16.7 Å². The Balaban J connectivity index is 2.34. The van der Waals surface area contributed by atoms with Crippen molar-refractivity contribution in [2.45, 2.75) is 39.0 Å². The van der Waals surface area contributed by atoms with Gasteiger partial charge in [-0.25, -0.2) is 0 Å². The highest BCUT2D eigenvalue weighted by Crippen LogP contribution is 2.31. The molecule has 102 valence electrons. The lowest BCUT2D eigenvalue weighted by Gasteiger charge is -2.21. The highest BCUT2D eigenvalue weighted by Gasteiger charge is 2.21. The topological polar surface area (TPSA) is 64.9 Å². The first kappa shape index (κ1) is 13.7. The van der Waals surface area contributed by atoms with E-state index in [2.05, 4.69) is 37.0 Å². The number of hydrogen-bond acceptors (Lipinski definition) is 4. The second-order valence-corrected chi connectivity index (χ2v) is 5.70. The average Bonchev–Trinajstić information content (AvgIpc) is 2.84. The molecule has 0 amide bonds. The first-order valence-corrected chi connectivity index (χ1v) is 6.65. The molecule has 0 bridgehead atoms. The normalized spacial score (nSPS) is 11.8. The molecule has 0 radical (unpaired) electrons. The fraction of sp³-hybridized carbons (Fsp3) is 0.467. The molecule has 2 rings (SSSR count). The van der Waals surface area contributed by atoms with Crippen LogP contribution in [0.5, 0.6) is 0 Å². The predicted octanol–water partition coefficient (Wildman–Crippen LogP) is 2.93. The van der Waals surface area contributed by atoms with E-state index in [4.69, 9.17) is 10.3 Å².